The first-order valence-electron chi connectivity index (χ1n) is 13.4. The van der Waals surface area contributed by atoms with E-state index in [4.69, 9.17) is 32.6 Å². The molecule has 7 nitrogen and oxygen atoms in total. The number of aryl methyl sites for hydroxylation is 1. The Morgan fingerprint density at radius 1 is 0.930 bits per heavy atom. The lowest BCUT2D eigenvalue weighted by atomic mass is 9.84. The van der Waals surface area contributed by atoms with Crippen LogP contribution in [-0.4, -0.2) is 16.8 Å². The Balaban J connectivity index is 1.46. The first-order chi connectivity index (χ1) is 20.8. The van der Waals surface area contributed by atoms with Crippen molar-refractivity contribution in [3.8, 4) is 0 Å². The molecule has 2 aliphatic heterocycles. The number of halogens is 2. The van der Waals surface area contributed by atoms with Gasteiger partial charge in [-0.05, 0) is 55.0 Å². The lowest BCUT2D eigenvalue weighted by molar-refractivity contribution is -0.121. The van der Waals surface area contributed by atoms with E-state index >= 15 is 4.79 Å². The molecule has 0 radical (unpaired) electrons. The number of para-hydroxylation sites is 1. The normalized spacial score (nSPS) is 17.5. The zero-order valence-corrected chi connectivity index (χ0v) is 24.8. The van der Waals surface area contributed by atoms with Gasteiger partial charge in [0.2, 0.25) is 5.76 Å². The van der Waals surface area contributed by atoms with E-state index in [-0.39, 0.29) is 28.6 Å². The first kappa shape index (κ1) is 26.2. The molecule has 1 unspecified atom stereocenters. The summed E-state index contributed by atoms with van der Waals surface area (Å²) in [5, 5.41) is 1.55. The van der Waals surface area contributed by atoms with Crippen LogP contribution >= 0.6 is 34.5 Å². The standard InChI is InChI=1S/C33H19Cl2N3O4S/c1-17-10-13-25-20(14-17)28(39)27-29(42-25)30(40)38(32-36-23-12-11-19(34)15-26(23)43-32)33(27)21-7-3-5-9-24(21)37(31(33)41)16-18-6-2-4-8-22(18)35/h2-15H,16H2,1H3. The molecule has 2 amide bonds. The lowest BCUT2D eigenvalue weighted by Crippen LogP contribution is -2.53. The summed E-state index contributed by atoms with van der Waals surface area (Å²) in [6.07, 6.45) is 0. The van der Waals surface area contributed by atoms with Crippen LogP contribution in [0, 0.1) is 6.92 Å². The van der Waals surface area contributed by atoms with Crippen molar-refractivity contribution < 1.29 is 14.0 Å². The topological polar surface area (TPSA) is 83.7 Å². The predicted octanol–water partition coefficient (Wildman–Crippen LogP) is 7.47. The number of benzene rings is 4. The molecule has 210 valence electrons. The fraction of sp³-hybridized carbons (Fsp3) is 0.0909. The maximum absolute atomic E-state index is 15.1. The van der Waals surface area contributed by atoms with Crippen molar-refractivity contribution >= 4 is 78.4 Å². The number of hydrogen-bond acceptors (Lipinski definition) is 6. The molecule has 0 aliphatic carbocycles. The van der Waals surface area contributed by atoms with Gasteiger partial charge in [-0.2, -0.15) is 0 Å². The highest BCUT2D eigenvalue weighted by atomic mass is 35.5. The summed E-state index contributed by atoms with van der Waals surface area (Å²) in [5.74, 6) is -1.28. The first-order valence-corrected chi connectivity index (χ1v) is 15.0. The minimum atomic E-state index is -1.86. The van der Waals surface area contributed by atoms with Crippen molar-refractivity contribution in [1.82, 2.24) is 4.98 Å². The van der Waals surface area contributed by atoms with E-state index < -0.39 is 22.8 Å². The van der Waals surface area contributed by atoms with Crippen LogP contribution < -0.4 is 15.2 Å². The van der Waals surface area contributed by atoms with Crippen molar-refractivity contribution in [2.24, 2.45) is 0 Å². The summed E-state index contributed by atoms with van der Waals surface area (Å²) in [6.45, 7) is 2.00. The Kier molecular flexibility index (Phi) is 5.62. The summed E-state index contributed by atoms with van der Waals surface area (Å²) in [5.41, 5.74) is 1.15. The van der Waals surface area contributed by atoms with Crippen molar-refractivity contribution in [2.45, 2.75) is 19.0 Å². The smallest absolute Gasteiger partial charge is 0.297 e. The number of amides is 2. The third kappa shape index (κ3) is 3.54. The van der Waals surface area contributed by atoms with Crippen molar-refractivity contribution in [3.63, 3.8) is 0 Å². The van der Waals surface area contributed by atoms with Gasteiger partial charge in [-0.25, -0.2) is 4.98 Å². The maximum atomic E-state index is 15.1. The largest absolute Gasteiger partial charge is 0.450 e. The fourth-order valence-corrected chi connectivity index (χ4v) is 7.70. The van der Waals surface area contributed by atoms with Crippen LogP contribution in [0.15, 0.2) is 94.1 Å². The summed E-state index contributed by atoms with van der Waals surface area (Å²) in [7, 11) is 0. The third-order valence-electron chi connectivity index (χ3n) is 8.10. The fourth-order valence-electron chi connectivity index (χ4n) is 6.21. The molecule has 0 N–H and O–H groups in total. The zero-order chi connectivity index (χ0) is 29.6. The number of carbonyl (C=O) groups is 2. The third-order valence-corrected chi connectivity index (χ3v) is 9.70. The Morgan fingerprint density at radius 3 is 2.56 bits per heavy atom. The minimum Gasteiger partial charge on any atom is -0.450 e. The second-order valence-electron chi connectivity index (χ2n) is 10.6. The molecule has 4 heterocycles. The highest BCUT2D eigenvalue weighted by Gasteiger charge is 2.66. The molecule has 8 rings (SSSR count). The minimum absolute atomic E-state index is 0.0213. The Hall–Kier alpha value is -4.50. The number of fused-ring (bicyclic) bond motifs is 6. The van der Waals surface area contributed by atoms with E-state index in [2.05, 4.69) is 0 Å². The van der Waals surface area contributed by atoms with Crippen LogP contribution in [0.4, 0.5) is 10.8 Å². The number of aromatic nitrogens is 1. The van der Waals surface area contributed by atoms with E-state index in [9.17, 15) is 9.59 Å². The van der Waals surface area contributed by atoms with Crippen LogP contribution in [0.3, 0.4) is 0 Å². The van der Waals surface area contributed by atoms with Crippen molar-refractivity contribution in [2.75, 3.05) is 9.80 Å². The van der Waals surface area contributed by atoms with E-state index in [0.29, 0.717) is 32.2 Å². The van der Waals surface area contributed by atoms with Gasteiger partial charge in [-0.3, -0.25) is 19.3 Å². The van der Waals surface area contributed by atoms with Crippen LogP contribution in [0.25, 0.3) is 21.2 Å². The molecule has 10 heteroatoms. The van der Waals surface area contributed by atoms with E-state index in [1.165, 1.54) is 16.2 Å². The van der Waals surface area contributed by atoms with Crippen LogP contribution in [0.1, 0.15) is 32.8 Å². The second kappa shape index (κ2) is 9.25. The highest BCUT2D eigenvalue weighted by Crippen LogP contribution is 2.55. The Bertz CT molecular complexity index is 2260. The Labute approximate surface area is 258 Å². The highest BCUT2D eigenvalue weighted by molar-refractivity contribution is 7.22. The Morgan fingerprint density at radius 2 is 1.72 bits per heavy atom. The zero-order valence-electron chi connectivity index (χ0n) is 22.4. The number of thiazole rings is 1. The molecule has 0 bridgehead atoms. The average molecular weight is 625 g/mol. The molecular formula is C33H19Cl2N3O4S. The van der Waals surface area contributed by atoms with Gasteiger partial charge in [0.1, 0.15) is 5.58 Å². The van der Waals surface area contributed by atoms with Crippen LogP contribution in [0.2, 0.25) is 10.0 Å². The van der Waals surface area contributed by atoms with Crippen molar-refractivity contribution in [1.29, 1.82) is 0 Å². The predicted molar refractivity (Wildman–Crippen MR) is 169 cm³/mol. The monoisotopic (exact) mass is 623 g/mol. The summed E-state index contributed by atoms with van der Waals surface area (Å²) < 4.78 is 6.92. The summed E-state index contributed by atoms with van der Waals surface area (Å²) in [4.78, 5) is 51.7. The molecule has 0 saturated carbocycles. The number of hydrogen-bond donors (Lipinski definition) is 0. The molecule has 4 aromatic carbocycles. The second-order valence-corrected chi connectivity index (χ2v) is 12.4. The molecule has 43 heavy (non-hydrogen) atoms. The van der Waals surface area contributed by atoms with E-state index in [1.807, 2.05) is 43.3 Å². The number of rotatable bonds is 3. The molecule has 2 aromatic heterocycles. The van der Waals surface area contributed by atoms with E-state index in [1.54, 1.807) is 53.4 Å². The molecular weight excluding hydrogens is 605 g/mol. The summed E-state index contributed by atoms with van der Waals surface area (Å²) in [6, 6.07) is 24.9. The SMILES string of the molecule is Cc1ccc2oc3c(c(=O)c2c1)C1(C(=O)N(Cc2ccccc2Cl)c2ccccc21)N(c1nc2ccc(Cl)cc2s1)C3=O. The molecule has 0 saturated heterocycles. The quantitative estimate of drug-likeness (QED) is 0.204. The van der Waals surface area contributed by atoms with Gasteiger partial charge in [0, 0.05) is 15.6 Å². The van der Waals surface area contributed by atoms with Gasteiger partial charge in [-0.1, -0.05) is 82.6 Å². The van der Waals surface area contributed by atoms with Gasteiger partial charge in [0.05, 0.1) is 33.4 Å². The number of anilines is 2. The molecule has 1 atom stereocenters. The number of carbonyl (C=O) groups excluding carboxylic acids is 2. The van der Waals surface area contributed by atoms with Crippen molar-refractivity contribution in [3.05, 3.63) is 133 Å². The van der Waals surface area contributed by atoms with Crippen LogP contribution in [-0.2, 0) is 16.9 Å². The van der Waals surface area contributed by atoms with Gasteiger partial charge in [-0.15, -0.1) is 0 Å². The molecule has 2 aliphatic rings. The lowest BCUT2D eigenvalue weighted by Gasteiger charge is -2.32. The molecule has 6 aromatic rings. The van der Waals surface area contributed by atoms with Gasteiger partial charge in [0.15, 0.2) is 16.1 Å². The maximum Gasteiger partial charge on any atom is 0.297 e. The average Bonchev–Trinajstić information content (AvgIpc) is 3.60. The molecule has 0 fully saturated rings. The molecule has 1 spiro atoms. The van der Waals surface area contributed by atoms with Gasteiger partial charge < -0.3 is 9.32 Å². The number of nitrogens with zero attached hydrogens (tertiary/aromatic N) is 3. The van der Waals surface area contributed by atoms with Gasteiger partial charge >= 0.3 is 0 Å². The van der Waals surface area contributed by atoms with Crippen LogP contribution in [0.5, 0.6) is 0 Å². The van der Waals surface area contributed by atoms with E-state index in [0.717, 1.165) is 15.8 Å². The van der Waals surface area contributed by atoms with Gasteiger partial charge in [0.25, 0.3) is 11.8 Å². The summed E-state index contributed by atoms with van der Waals surface area (Å²) >= 11 is 14.0.